The van der Waals surface area contributed by atoms with Crippen molar-refractivity contribution in [2.45, 2.75) is 26.3 Å². The summed E-state index contributed by atoms with van der Waals surface area (Å²) in [6.45, 7) is 7.59. The van der Waals surface area contributed by atoms with Crippen LogP contribution in [0.1, 0.15) is 25.3 Å². The van der Waals surface area contributed by atoms with Crippen molar-refractivity contribution >= 4 is 5.69 Å². The van der Waals surface area contributed by atoms with Crippen molar-refractivity contribution in [2.24, 2.45) is 5.92 Å². The molecule has 2 aliphatic rings. The molecule has 18 heavy (non-hydrogen) atoms. The fourth-order valence-electron chi connectivity index (χ4n) is 2.97. The summed E-state index contributed by atoms with van der Waals surface area (Å²) in [5.74, 6) is 1.84. The van der Waals surface area contributed by atoms with Crippen LogP contribution in [0.5, 0.6) is 5.75 Å². The minimum Gasteiger partial charge on any atom is -0.490 e. The van der Waals surface area contributed by atoms with Gasteiger partial charge in [0.25, 0.3) is 0 Å². The van der Waals surface area contributed by atoms with Gasteiger partial charge in [0, 0.05) is 19.6 Å². The Morgan fingerprint density at radius 1 is 1.44 bits per heavy atom. The summed E-state index contributed by atoms with van der Waals surface area (Å²) in [7, 11) is 0. The Kier molecular flexibility index (Phi) is 3.41. The number of nitrogens with one attached hydrogen (secondary N) is 1. The van der Waals surface area contributed by atoms with Crippen LogP contribution in [-0.2, 0) is 6.54 Å². The molecule has 2 heterocycles. The summed E-state index contributed by atoms with van der Waals surface area (Å²) < 4.78 is 5.61. The highest BCUT2D eigenvalue weighted by atomic mass is 16.5. The van der Waals surface area contributed by atoms with Gasteiger partial charge in [-0.05, 0) is 43.0 Å². The van der Waals surface area contributed by atoms with Crippen molar-refractivity contribution < 1.29 is 4.74 Å². The predicted octanol–water partition coefficient (Wildman–Crippen LogP) is 2.72. The van der Waals surface area contributed by atoms with E-state index in [4.69, 9.17) is 4.74 Å². The lowest BCUT2D eigenvalue weighted by atomic mass is 10.00. The SMILES string of the molecule is CC1CCCN(Cc2ccc3c(c2)NCCO3)C1. The lowest BCUT2D eigenvalue weighted by molar-refractivity contribution is 0.176. The number of benzene rings is 1. The van der Waals surface area contributed by atoms with Crippen molar-refractivity contribution in [3.63, 3.8) is 0 Å². The summed E-state index contributed by atoms with van der Waals surface area (Å²) in [5, 5.41) is 3.41. The van der Waals surface area contributed by atoms with Crippen LogP contribution in [0, 0.1) is 5.92 Å². The molecule has 1 aromatic carbocycles. The highest BCUT2D eigenvalue weighted by Gasteiger charge is 2.17. The molecule has 98 valence electrons. The van der Waals surface area contributed by atoms with E-state index in [0.717, 1.165) is 37.1 Å². The fourth-order valence-corrected chi connectivity index (χ4v) is 2.97. The minimum absolute atomic E-state index is 0.774. The van der Waals surface area contributed by atoms with Gasteiger partial charge in [0.05, 0.1) is 5.69 Å². The van der Waals surface area contributed by atoms with Crippen LogP contribution in [0.25, 0.3) is 0 Å². The average molecular weight is 246 g/mol. The average Bonchev–Trinajstić information content (AvgIpc) is 2.39. The summed E-state index contributed by atoms with van der Waals surface area (Å²) in [5.41, 5.74) is 2.55. The molecular weight excluding hydrogens is 224 g/mol. The molecule has 1 unspecified atom stereocenters. The van der Waals surface area contributed by atoms with Gasteiger partial charge >= 0.3 is 0 Å². The second-order valence-electron chi connectivity index (χ2n) is 5.59. The van der Waals surface area contributed by atoms with Crippen LogP contribution < -0.4 is 10.1 Å². The lowest BCUT2D eigenvalue weighted by Crippen LogP contribution is -2.33. The highest BCUT2D eigenvalue weighted by molar-refractivity contribution is 5.59. The molecule has 0 aliphatic carbocycles. The van der Waals surface area contributed by atoms with Crippen molar-refractivity contribution in [3.8, 4) is 5.75 Å². The topological polar surface area (TPSA) is 24.5 Å². The molecule has 3 rings (SSSR count). The van der Waals surface area contributed by atoms with Crippen LogP contribution in [0.2, 0.25) is 0 Å². The van der Waals surface area contributed by atoms with E-state index in [9.17, 15) is 0 Å². The second-order valence-corrected chi connectivity index (χ2v) is 5.59. The third kappa shape index (κ3) is 2.61. The Balaban J connectivity index is 1.69. The van der Waals surface area contributed by atoms with Crippen LogP contribution >= 0.6 is 0 Å². The van der Waals surface area contributed by atoms with Gasteiger partial charge in [0.15, 0.2) is 0 Å². The van der Waals surface area contributed by atoms with Crippen molar-refractivity contribution in [1.82, 2.24) is 4.90 Å². The minimum atomic E-state index is 0.774. The smallest absolute Gasteiger partial charge is 0.142 e. The van der Waals surface area contributed by atoms with E-state index in [-0.39, 0.29) is 0 Å². The largest absolute Gasteiger partial charge is 0.490 e. The molecule has 1 N–H and O–H groups in total. The molecule has 3 heteroatoms. The van der Waals surface area contributed by atoms with E-state index < -0.39 is 0 Å². The van der Waals surface area contributed by atoms with Crippen LogP contribution in [0.15, 0.2) is 18.2 Å². The van der Waals surface area contributed by atoms with Crippen LogP contribution in [0.4, 0.5) is 5.69 Å². The fraction of sp³-hybridized carbons (Fsp3) is 0.600. The van der Waals surface area contributed by atoms with Gasteiger partial charge in [-0.3, -0.25) is 4.90 Å². The molecule has 1 saturated heterocycles. The zero-order chi connectivity index (χ0) is 12.4. The molecule has 0 saturated carbocycles. The summed E-state index contributed by atoms with van der Waals surface area (Å²) in [4.78, 5) is 2.57. The molecule has 1 fully saturated rings. The molecule has 3 nitrogen and oxygen atoms in total. The van der Waals surface area contributed by atoms with Crippen LogP contribution in [0.3, 0.4) is 0 Å². The Bertz CT molecular complexity index is 419. The molecule has 0 amide bonds. The zero-order valence-corrected chi connectivity index (χ0v) is 11.1. The zero-order valence-electron chi connectivity index (χ0n) is 11.1. The molecular formula is C15H22N2O. The van der Waals surface area contributed by atoms with Gasteiger partial charge in [0.1, 0.15) is 12.4 Å². The highest BCUT2D eigenvalue weighted by Crippen LogP contribution is 2.29. The quantitative estimate of drug-likeness (QED) is 0.868. The first-order valence-electron chi connectivity index (χ1n) is 7.03. The van der Waals surface area contributed by atoms with E-state index >= 15 is 0 Å². The van der Waals surface area contributed by atoms with Gasteiger partial charge in [-0.1, -0.05) is 13.0 Å². The van der Waals surface area contributed by atoms with E-state index in [1.807, 2.05) is 0 Å². The summed E-state index contributed by atoms with van der Waals surface area (Å²) in [6, 6.07) is 6.54. The maximum absolute atomic E-state index is 5.61. The van der Waals surface area contributed by atoms with Crippen molar-refractivity contribution in [2.75, 3.05) is 31.6 Å². The molecule has 2 aliphatic heterocycles. The number of ether oxygens (including phenoxy) is 1. The molecule has 0 spiro atoms. The molecule has 0 radical (unpaired) electrons. The van der Waals surface area contributed by atoms with Crippen molar-refractivity contribution in [1.29, 1.82) is 0 Å². The maximum atomic E-state index is 5.61. The number of anilines is 1. The number of fused-ring (bicyclic) bond motifs is 1. The van der Waals surface area contributed by atoms with E-state index in [2.05, 4.69) is 35.3 Å². The normalized spacial score (nSPS) is 23.9. The number of hydrogen-bond acceptors (Lipinski definition) is 3. The van der Waals surface area contributed by atoms with E-state index in [1.54, 1.807) is 0 Å². The van der Waals surface area contributed by atoms with Gasteiger partial charge < -0.3 is 10.1 Å². The van der Waals surface area contributed by atoms with Gasteiger partial charge in [-0.2, -0.15) is 0 Å². The molecule has 1 atom stereocenters. The number of nitrogens with zero attached hydrogens (tertiary/aromatic N) is 1. The molecule has 1 aromatic rings. The predicted molar refractivity (Wildman–Crippen MR) is 74.1 cm³/mol. The Labute approximate surface area is 109 Å². The standard InChI is InChI=1S/C15H22N2O/c1-12-3-2-7-17(10-12)11-13-4-5-15-14(9-13)16-6-8-18-15/h4-5,9,12,16H,2-3,6-8,10-11H2,1H3. The first-order valence-corrected chi connectivity index (χ1v) is 7.03. The first-order chi connectivity index (χ1) is 8.81. The Hall–Kier alpha value is -1.22. The third-order valence-electron chi connectivity index (χ3n) is 3.87. The van der Waals surface area contributed by atoms with Gasteiger partial charge in [0.2, 0.25) is 0 Å². The van der Waals surface area contributed by atoms with E-state index in [1.165, 1.54) is 31.5 Å². The first kappa shape index (κ1) is 11.8. The van der Waals surface area contributed by atoms with E-state index in [0.29, 0.717) is 0 Å². The summed E-state index contributed by atoms with van der Waals surface area (Å²) >= 11 is 0. The Morgan fingerprint density at radius 2 is 2.39 bits per heavy atom. The lowest BCUT2D eigenvalue weighted by Gasteiger charge is -2.31. The number of hydrogen-bond donors (Lipinski definition) is 1. The second kappa shape index (κ2) is 5.19. The molecule has 0 bridgehead atoms. The monoisotopic (exact) mass is 246 g/mol. The number of piperidine rings is 1. The summed E-state index contributed by atoms with van der Waals surface area (Å²) in [6.07, 6.45) is 2.73. The molecule has 0 aromatic heterocycles. The maximum Gasteiger partial charge on any atom is 0.142 e. The Morgan fingerprint density at radius 3 is 3.28 bits per heavy atom. The number of likely N-dealkylation sites (tertiary alicyclic amines) is 1. The van der Waals surface area contributed by atoms with Crippen molar-refractivity contribution in [3.05, 3.63) is 23.8 Å². The van der Waals surface area contributed by atoms with Gasteiger partial charge in [-0.15, -0.1) is 0 Å². The third-order valence-corrected chi connectivity index (χ3v) is 3.87. The van der Waals surface area contributed by atoms with Gasteiger partial charge in [-0.25, -0.2) is 0 Å². The number of rotatable bonds is 2. The van der Waals surface area contributed by atoms with Crippen LogP contribution in [-0.4, -0.2) is 31.1 Å².